The first-order valence-electron chi connectivity index (χ1n) is 5.22. The van der Waals surface area contributed by atoms with Gasteiger partial charge in [-0.2, -0.15) is 0 Å². The molecule has 1 N–H and O–H groups in total. The van der Waals surface area contributed by atoms with Crippen molar-refractivity contribution in [2.45, 2.75) is 25.4 Å². The van der Waals surface area contributed by atoms with E-state index in [2.05, 4.69) is 5.32 Å². The molecule has 0 aromatic carbocycles. The molecule has 4 nitrogen and oxygen atoms in total. The lowest BCUT2D eigenvalue weighted by Crippen LogP contribution is -2.33. The molecule has 0 atom stereocenters. The Balaban J connectivity index is 2.05. The van der Waals surface area contributed by atoms with Gasteiger partial charge in [-0.3, -0.25) is 4.79 Å². The first-order valence-corrected chi connectivity index (χ1v) is 5.22. The van der Waals surface area contributed by atoms with Crippen molar-refractivity contribution in [3.63, 3.8) is 0 Å². The Hall–Kier alpha value is -0.610. The third-order valence-corrected chi connectivity index (χ3v) is 2.45. The first-order chi connectivity index (χ1) is 6.70. The smallest absolute Gasteiger partial charge is 0.224 e. The maximum absolute atomic E-state index is 11.2. The summed E-state index contributed by atoms with van der Waals surface area (Å²) in [7, 11) is 3.54. The number of nitrogens with one attached hydrogen (secondary N) is 1. The lowest BCUT2D eigenvalue weighted by Gasteiger charge is -2.23. The Morgan fingerprint density at radius 3 is 2.64 bits per heavy atom. The van der Waals surface area contributed by atoms with Crippen molar-refractivity contribution in [1.82, 2.24) is 10.2 Å². The van der Waals surface area contributed by atoms with E-state index in [0.717, 1.165) is 25.9 Å². The number of piperidine rings is 1. The summed E-state index contributed by atoms with van der Waals surface area (Å²) in [5.74, 6) is 0.138. The summed E-state index contributed by atoms with van der Waals surface area (Å²) in [6, 6.07) is 0. The van der Waals surface area contributed by atoms with E-state index in [9.17, 15) is 4.79 Å². The molecule has 0 unspecified atom stereocenters. The van der Waals surface area contributed by atoms with Gasteiger partial charge in [0.15, 0.2) is 0 Å². The molecule has 1 aliphatic heterocycles. The fraction of sp³-hybridized carbons (Fsp3) is 0.900. The van der Waals surface area contributed by atoms with E-state index >= 15 is 0 Å². The molecule has 4 heteroatoms. The van der Waals surface area contributed by atoms with Gasteiger partial charge >= 0.3 is 0 Å². The standard InChI is InChI=1S/C10H20N2O2/c1-12(2)10(13)5-8-14-9-3-6-11-7-4-9/h9,11H,3-8H2,1-2H3. The number of nitrogens with zero attached hydrogens (tertiary/aromatic N) is 1. The highest BCUT2D eigenvalue weighted by Gasteiger charge is 2.13. The molecular weight excluding hydrogens is 180 g/mol. The number of carbonyl (C=O) groups excluding carboxylic acids is 1. The van der Waals surface area contributed by atoms with Gasteiger partial charge in [-0.15, -0.1) is 0 Å². The van der Waals surface area contributed by atoms with E-state index in [1.165, 1.54) is 0 Å². The zero-order chi connectivity index (χ0) is 10.4. The van der Waals surface area contributed by atoms with Gasteiger partial charge in [0, 0.05) is 14.1 Å². The number of ether oxygens (including phenoxy) is 1. The first kappa shape index (κ1) is 11.5. The summed E-state index contributed by atoms with van der Waals surface area (Å²) >= 11 is 0. The second-order valence-corrected chi connectivity index (χ2v) is 3.86. The second-order valence-electron chi connectivity index (χ2n) is 3.86. The molecular formula is C10H20N2O2. The third-order valence-electron chi connectivity index (χ3n) is 2.45. The van der Waals surface area contributed by atoms with Crippen molar-refractivity contribution in [3.8, 4) is 0 Å². The van der Waals surface area contributed by atoms with E-state index in [1.807, 2.05) is 0 Å². The quantitative estimate of drug-likeness (QED) is 0.706. The topological polar surface area (TPSA) is 41.6 Å². The number of hydrogen-bond acceptors (Lipinski definition) is 3. The molecule has 0 bridgehead atoms. The number of carbonyl (C=O) groups is 1. The Morgan fingerprint density at radius 1 is 1.43 bits per heavy atom. The van der Waals surface area contributed by atoms with Crippen molar-refractivity contribution >= 4 is 5.91 Å². The van der Waals surface area contributed by atoms with Crippen LogP contribution in [-0.4, -0.2) is 50.7 Å². The molecule has 14 heavy (non-hydrogen) atoms. The zero-order valence-corrected chi connectivity index (χ0v) is 9.08. The van der Waals surface area contributed by atoms with Crippen LogP contribution in [0.25, 0.3) is 0 Å². The van der Waals surface area contributed by atoms with Gasteiger partial charge in [0.1, 0.15) is 0 Å². The number of amides is 1. The molecule has 82 valence electrons. The van der Waals surface area contributed by atoms with E-state index < -0.39 is 0 Å². The summed E-state index contributed by atoms with van der Waals surface area (Å²) in [6.07, 6.45) is 2.98. The molecule has 0 saturated carbocycles. The predicted octanol–water partition coefficient (Wildman–Crippen LogP) is 0.233. The third kappa shape index (κ3) is 4.07. The predicted molar refractivity (Wildman–Crippen MR) is 55.2 cm³/mol. The normalized spacial score (nSPS) is 18.1. The summed E-state index contributed by atoms with van der Waals surface area (Å²) in [4.78, 5) is 12.8. The lowest BCUT2D eigenvalue weighted by atomic mass is 10.1. The summed E-state index contributed by atoms with van der Waals surface area (Å²) in [6.45, 7) is 2.63. The molecule has 0 aliphatic carbocycles. The second kappa shape index (κ2) is 5.98. The van der Waals surface area contributed by atoms with Crippen molar-refractivity contribution in [3.05, 3.63) is 0 Å². The highest BCUT2D eigenvalue weighted by molar-refractivity contribution is 5.75. The van der Waals surface area contributed by atoms with Crippen molar-refractivity contribution < 1.29 is 9.53 Å². The fourth-order valence-corrected chi connectivity index (χ4v) is 1.50. The maximum atomic E-state index is 11.2. The average Bonchev–Trinajstić information content (AvgIpc) is 2.19. The highest BCUT2D eigenvalue weighted by Crippen LogP contribution is 2.07. The summed E-state index contributed by atoms with van der Waals surface area (Å²) in [5.41, 5.74) is 0. The molecule has 0 aromatic heterocycles. The van der Waals surface area contributed by atoms with Gasteiger partial charge in [0.2, 0.25) is 5.91 Å². The van der Waals surface area contributed by atoms with Gasteiger partial charge in [0.05, 0.1) is 19.1 Å². The molecule has 0 radical (unpaired) electrons. The lowest BCUT2D eigenvalue weighted by molar-refractivity contribution is -0.130. The SMILES string of the molecule is CN(C)C(=O)CCOC1CCNCC1. The minimum atomic E-state index is 0.138. The minimum Gasteiger partial charge on any atom is -0.378 e. The molecule has 1 rings (SSSR count). The van der Waals surface area contributed by atoms with Gasteiger partial charge in [-0.05, 0) is 25.9 Å². The Bertz CT molecular complexity index is 177. The molecule has 1 fully saturated rings. The van der Waals surface area contributed by atoms with Gasteiger partial charge in [-0.25, -0.2) is 0 Å². The molecule has 1 aliphatic rings. The number of rotatable bonds is 4. The van der Waals surface area contributed by atoms with Crippen LogP contribution in [0.4, 0.5) is 0 Å². The van der Waals surface area contributed by atoms with Crippen LogP contribution in [-0.2, 0) is 9.53 Å². The average molecular weight is 200 g/mol. The Labute approximate surface area is 85.6 Å². The van der Waals surface area contributed by atoms with Crippen LogP contribution >= 0.6 is 0 Å². The van der Waals surface area contributed by atoms with Gasteiger partial charge in [-0.1, -0.05) is 0 Å². The Morgan fingerprint density at radius 2 is 2.07 bits per heavy atom. The maximum Gasteiger partial charge on any atom is 0.224 e. The van der Waals surface area contributed by atoms with Crippen LogP contribution in [0.15, 0.2) is 0 Å². The van der Waals surface area contributed by atoms with Crippen LogP contribution in [0.1, 0.15) is 19.3 Å². The molecule has 1 heterocycles. The van der Waals surface area contributed by atoms with Crippen LogP contribution < -0.4 is 5.32 Å². The van der Waals surface area contributed by atoms with Crippen molar-refractivity contribution in [1.29, 1.82) is 0 Å². The van der Waals surface area contributed by atoms with E-state index in [-0.39, 0.29) is 5.91 Å². The van der Waals surface area contributed by atoms with Crippen LogP contribution in [0.2, 0.25) is 0 Å². The molecule has 1 saturated heterocycles. The molecule has 0 aromatic rings. The monoisotopic (exact) mass is 200 g/mol. The van der Waals surface area contributed by atoms with Crippen LogP contribution in [0.3, 0.4) is 0 Å². The van der Waals surface area contributed by atoms with Crippen LogP contribution in [0, 0.1) is 0 Å². The summed E-state index contributed by atoms with van der Waals surface area (Å²) in [5, 5.41) is 3.28. The zero-order valence-electron chi connectivity index (χ0n) is 9.08. The van der Waals surface area contributed by atoms with E-state index in [4.69, 9.17) is 4.74 Å². The van der Waals surface area contributed by atoms with Crippen molar-refractivity contribution in [2.75, 3.05) is 33.8 Å². The van der Waals surface area contributed by atoms with E-state index in [1.54, 1.807) is 19.0 Å². The minimum absolute atomic E-state index is 0.138. The largest absolute Gasteiger partial charge is 0.378 e. The Kier molecular flexibility index (Phi) is 4.90. The molecule has 0 spiro atoms. The molecule has 1 amide bonds. The van der Waals surface area contributed by atoms with Gasteiger partial charge < -0.3 is 15.0 Å². The number of hydrogen-bond donors (Lipinski definition) is 1. The highest BCUT2D eigenvalue weighted by atomic mass is 16.5. The van der Waals surface area contributed by atoms with Crippen molar-refractivity contribution in [2.24, 2.45) is 0 Å². The fourth-order valence-electron chi connectivity index (χ4n) is 1.50. The van der Waals surface area contributed by atoms with Crippen LogP contribution in [0.5, 0.6) is 0 Å². The summed E-state index contributed by atoms with van der Waals surface area (Å²) < 4.78 is 5.62. The van der Waals surface area contributed by atoms with Gasteiger partial charge in [0.25, 0.3) is 0 Å². The van der Waals surface area contributed by atoms with E-state index in [0.29, 0.717) is 19.1 Å².